The fourth-order valence-electron chi connectivity index (χ4n) is 2.61. The van der Waals surface area contributed by atoms with Crippen LogP contribution in [0.4, 0.5) is 0 Å². The smallest absolute Gasteiger partial charge is 0.260 e. The number of ether oxygens (including phenoxy) is 1. The molecule has 7 heteroatoms. The largest absolute Gasteiger partial charge is 0.482 e. The summed E-state index contributed by atoms with van der Waals surface area (Å²) >= 11 is 11.8. The van der Waals surface area contributed by atoms with Crippen LogP contribution in [-0.2, 0) is 9.59 Å². The first-order valence-electron chi connectivity index (χ1n) is 8.14. The lowest BCUT2D eigenvalue weighted by atomic mass is 9.96. The van der Waals surface area contributed by atoms with E-state index in [1.165, 1.54) is 0 Å². The van der Waals surface area contributed by atoms with Crippen molar-refractivity contribution in [2.24, 2.45) is 5.92 Å². The zero-order chi connectivity index (χ0) is 17.5. The van der Waals surface area contributed by atoms with Crippen LogP contribution in [0.15, 0.2) is 18.2 Å². The molecule has 0 spiro atoms. The summed E-state index contributed by atoms with van der Waals surface area (Å²) in [6.45, 7) is 3.79. The Morgan fingerprint density at radius 2 is 2.00 bits per heavy atom. The lowest BCUT2D eigenvalue weighted by Gasteiger charge is -2.31. The number of hydrogen-bond acceptors (Lipinski definition) is 3. The molecule has 0 radical (unpaired) electrons. The molecule has 0 aromatic heterocycles. The highest BCUT2D eigenvalue weighted by molar-refractivity contribution is 6.35. The van der Waals surface area contributed by atoms with Gasteiger partial charge in [-0.05, 0) is 37.5 Å². The maximum atomic E-state index is 12.2. The summed E-state index contributed by atoms with van der Waals surface area (Å²) in [5, 5.41) is 3.80. The molecule has 1 saturated heterocycles. The predicted molar refractivity (Wildman–Crippen MR) is 94.6 cm³/mol. The molecule has 132 valence electrons. The summed E-state index contributed by atoms with van der Waals surface area (Å²) in [5.41, 5.74) is 0. The molecule has 0 bridgehead atoms. The van der Waals surface area contributed by atoms with Crippen molar-refractivity contribution in [3.63, 3.8) is 0 Å². The Morgan fingerprint density at radius 3 is 2.62 bits per heavy atom. The van der Waals surface area contributed by atoms with Crippen molar-refractivity contribution in [2.75, 3.05) is 26.2 Å². The molecule has 0 aliphatic carbocycles. The second-order valence-corrected chi connectivity index (χ2v) is 6.65. The van der Waals surface area contributed by atoms with Gasteiger partial charge in [-0.1, -0.05) is 30.1 Å². The van der Waals surface area contributed by atoms with Gasteiger partial charge in [0, 0.05) is 30.6 Å². The summed E-state index contributed by atoms with van der Waals surface area (Å²) in [5.74, 6) is 0.414. The Bertz CT molecular complexity index is 587. The fraction of sp³-hybridized carbons (Fsp3) is 0.529. The number of carbonyl (C=O) groups is 2. The van der Waals surface area contributed by atoms with E-state index in [-0.39, 0.29) is 24.3 Å². The van der Waals surface area contributed by atoms with Gasteiger partial charge >= 0.3 is 0 Å². The number of halogens is 2. The molecular weight excluding hydrogens is 351 g/mol. The second-order valence-electron chi connectivity index (χ2n) is 5.81. The Balaban J connectivity index is 1.77. The van der Waals surface area contributed by atoms with E-state index in [2.05, 4.69) is 5.32 Å². The van der Waals surface area contributed by atoms with Crippen LogP contribution in [0.2, 0.25) is 10.0 Å². The van der Waals surface area contributed by atoms with Crippen LogP contribution in [0.5, 0.6) is 5.75 Å². The van der Waals surface area contributed by atoms with E-state index in [0.29, 0.717) is 48.3 Å². The Labute approximate surface area is 152 Å². The van der Waals surface area contributed by atoms with Gasteiger partial charge in [-0.25, -0.2) is 0 Å². The van der Waals surface area contributed by atoms with Gasteiger partial charge in [-0.3, -0.25) is 9.59 Å². The van der Waals surface area contributed by atoms with Crippen molar-refractivity contribution in [1.29, 1.82) is 0 Å². The van der Waals surface area contributed by atoms with Gasteiger partial charge in [-0.2, -0.15) is 0 Å². The number of likely N-dealkylation sites (tertiary alicyclic amines) is 1. The average molecular weight is 373 g/mol. The molecule has 0 saturated carbocycles. The van der Waals surface area contributed by atoms with E-state index < -0.39 is 0 Å². The SMILES string of the molecule is CCCNC(=O)C1CCN(C(=O)COc2ccc(Cl)cc2Cl)CC1. The first-order valence-corrected chi connectivity index (χ1v) is 8.90. The van der Waals surface area contributed by atoms with Crippen molar-refractivity contribution < 1.29 is 14.3 Å². The highest BCUT2D eigenvalue weighted by Gasteiger charge is 2.27. The van der Waals surface area contributed by atoms with Crippen LogP contribution < -0.4 is 10.1 Å². The average Bonchev–Trinajstić information content (AvgIpc) is 2.58. The van der Waals surface area contributed by atoms with Gasteiger partial charge in [0.2, 0.25) is 5.91 Å². The monoisotopic (exact) mass is 372 g/mol. The third kappa shape index (κ3) is 5.28. The van der Waals surface area contributed by atoms with Crippen LogP contribution in [-0.4, -0.2) is 43.0 Å². The van der Waals surface area contributed by atoms with Crippen molar-refractivity contribution in [2.45, 2.75) is 26.2 Å². The molecule has 2 rings (SSSR count). The summed E-state index contributed by atoms with van der Waals surface area (Å²) in [6.07, 6.45) is 2.29. The van der Waals surface area contributed by atoms with Crippen LogP contribution in [0.1, 0.15) is 26.2 Å². The summed E-state index contributed by atoms with van der Waals surface area (Å²) in [4.78, 5) is 25.9. The van der Waals surface area contributed by atoms with Gasteiger partial charge in [0.05, 0.1) is 5.02 Å². The standard InChI is InChI=1S/C17H22Cl2N2O3/c1-2-7-20-17(23)12-5-8-21(9-6-12)16(22)11-24-15-4-3-13(18)10-14(15)19/h3-4,10,12H,2,5-9,11H2,1H3,(H,20,23). The Morgan fingerprint density at radius 1 is 1.29 bits per heavy atom. The van der Waals surface area contributed by atoms with E-state index in [0.717, 1.165) is 6.42 Å². The Kier molecular flexibility index (Phi) is 7.18. The van der Waals surface area contributed by atoms with Crippen LogP contribution in [0.25, 0.3) is 0 Å². The van der Waals surface area contributed by atoms with Crippen LogP contribution in [0.3, 0.4) is 0 Å². The quantitative estimate of drug-likeness (QED) is 0.834. The molecule has 1 aliphatic heterocycles. The molecule has 1 aliphatic rings. The first-order chi connectivity index (χ1) is 11.5. The number of nitrogens with zero attached hydrogens (tertiary/aromatic N) is 1. The zero-order valence-corrected chi connectivity index (χ0v) is 15.2. The van der Waals surface area contributed by atoms with E-state index in [1.54, 1.807) is 23.1 Å². The van der Waals surface area contributed by atoms with Gasteiger partial charge in [0.15, 0.2) is 6.61 Å². The maximum absolute atomic E-state index is 12.2. The van der Waals surface area contributed by atoms with Gasteiger partial charge in [0.25, 0.3) is 5.91 Å². The van der Waals surface area contributed by atoms with E-state index in [1.807, 2.05) is 6.92 Å². The molecule has 1 aromatic rings. The van der Waals surface area contributed by atoms with Crippen molar-refractivity contribution in [3.8, 4) is 5.75 Å². The van der Waals surface area contributed by atoms with Crippen molar-refractivity contribution in [1.82, 2.24) is 10.2 Å². The highest BCUT2D eigenvalue weighted by atomic mass is 35.5. The normalized spacial score (nSPS) is 15.2. The third-order valence-corrected chi connectivity index (χ3v) is 4.54. The van der Waals surface area contributed by atoms with Gasteiger partial charge in [0.1, 0.15) is 5.75 Å². The van der Waals surface area contributed by atoms with Gasteiger partial charge < -0.3 is 15.0 Å². The summed E-state index contributed by atoms with van der Waals surface area (Å²) in [7, 11) is 0. The molecule has 0 unspecified atom stereocenters. The minimum absolute atomic E-state index is 0.00720. The molecular formula is C17H22Cl2N2O3. The molecule has 5 nitrogen and oxygen atoms in total. The molecule has 1 N–H and O–H groups in total. The zero-order valence-electron chi connectivity index (χ0n) is 13.7. The molecule has 1 heterocycles. The first kappa shape index (κ1) is 18.9. The van der Waals surface area contributed by atoms with E-state index in [9.17, 15) is 9.59 Å². The molecule has 24 heavy (non-hydrogen) atoms. The highest BCUT2D eigenvalue weighted by Crippen LogP contribution is 2.27. The molecule has 2 amide bonds. The number of amides is 2. The Hall–Kier alpha value is -1.46. The van der Waals surface area contributed by atoms with E-state index in [4.69, 9.17) is 27.9 Å². The third-order valence-electron chi connectivity index (χ3n) is 4.01. The van der Waals surface area contributed by atoms with E-state index >= 15 is 0 Å². The molecule has 0 atom stereocenters. The summed E-state index contributed by atoms with van der Waals surface area (Å²) < 4.78 is 5.47. The predicted octanol–water partition coefficient (Wildman–Crippen LogP) is 3.14. The topological polar surface area (TPSA) is 58.6 Å². The number of piperidine rings is 1. The number of benzene rings is 1. The number of hydrogen-bond donors (Lipinski definition) is 1. The number of rotatable bonds is 6. The lowest BCUT2D eigenvalue weighted by molar-refractivity contribution is -0.137. The summed E-state index contributed by atoms with van der Waals surface area (Å²) in [6, 6.07) is 4.87. The minimum atomic E-state index is -0.103. The van der Waals surface area contributed by atoms with Gasteiger partial charge in [-0.15, -0.1) is 0 Å². The number of carbonyl (C=O) groups excluding carboxylic acids is 2. The maximum Gasteiger partial charge on any atom is 0.260 e. The van der Waals surface area contributed by atoms with Crippen molar-refractivity contribution >= 4 is 35.0 Å². The van der Waals surface area contributed by atoms with Crippen molar-refractivity contribution in [3.05, 3.63) is 28.2 Å². The fourth-order valence-corrected chi connectivity index (χ4v) is 3.07. The minimum Gasteiger partial charge on any atom is -0.482 e. The number of nitrogens with one attached hydrogen (secondary N) is 1. The molecule has 1 fully saturated rings. The van der Waals surface area contributed by atoms with Crippen LogP contribution >= 0.6 is 23.2 Å². The molecule has 1 aromatic carbocycles. The second kappa shape index (κ2) is 9.14. The lowest BCUT2D eigenvalue weighted by Crippen LogP contribution is -2.44. The van der Waals surface area contributed by atoms with Crippen LogP contribution in [0, 0.1) is 5.92 Å².